The largest absolute Gasteiger partial charge is 0.497 e. The molecule has 2 rings (SSSR count). The number of esters is 1. The van der Waals surface area contributed by atoms with Gasteiger partial charge in [0, 0.05) is 19.0 Å². The monoisotopic (exact) mass is 404 g/mol. The third kappa shape index (κ3) is 6.21. The minimum Gasteiger partial charge on any atom is -0.497 e. The number of piperidine rings is 1. The van der Waals surface area contributed by atoms with Crippen LogP contribution in [0.4, 0.5) is 0 Å². The Morgan fingerprint density at radius 2 is 1.93 bits per heavy atom. The smallest absolute Gasteiger partial charge is 0.311 e. The Hall–Kier alpha value is -2.57. The maximum absolute atomic E-state index is 12.9. The van der Waals surface area contributed by atoms with Gasteiger partial charge in [-0.05, 0) is 44.4 Å². The standard InChI is InChI=1S/C22H32N2O5/c1-5-6-13-24-20(26)12-11-18(22(27)29-14-19(25)23-15(2)3)21(24)16-7-9-17(28-4)10-8-16/h7-10,15,18,21H,5-6,11-14H2,1-4H3,(H,23,25)/t18-,21-/m0/s1. The molecule has 2 amide bonds. The Labute approximate surface area is 172 Å². The number of amides is 2. The number of hydrogen-bond acceptors (Lipinski definition) is 5. The van der Waals surface area contributed by atoms with Gasteiger partial charge in [0.25, 0.3) is 5.91 Å². The maximum Gasteiger partial charge on any atom is 0.311 e. The number of benzene rings is 1. The lowest BCUT2D eigenvalue weighted by Crippen LogP contribution is -2.46. The van der Waals surface area contributed by atoms with Crippen LogP contribution >= 0.6 is 0 Å². The van der Waals surface area contributed by atoms with Crippen LogP contribution in [0.25, 0.3) is 0 Å². The van der Waals surface area contributed by atoms with Crippen molar-refractivity contribution in [3.05, 3.63) is 29.8 Å². The molecule has 0 spiro atoms. The van der Waals surface area contributed by atoms with Crippen LogP contribution in [0.3, 0.4) is 0 Å². The van der Waals surface area contributed by atoms with Crippen LogP contribution < -0.4 is 10.1 Å². The van der Waals surface area contributed by atoms with Crippen LogP contribution in [-0.4, -0.2) is 49.0 Å². The van der Waals surface area contributed by atoms with Crippen molar-refractivity contribution in [1.82, 2.24) is 10.2 Å². The van der Waals surface area contributed by atoms with Crippen molar-refractivity contribution >= 4 is 17.8 Å². The summed E-state index contributed by atoms with van der Waals surface area (Å²) in [5.74, 6) is -0.533. The Balaban J connectivity index is 2.23. The summed E-state index contributed by atoms with van der Waals surface area (Å²) in [4.78, 5) is 39.1. The lowest BCUT2D eigenvalue weighted by Gasteiger charge is -2.40. The number of nitrogens with zero attached hydrogens (tertiary/aromatic N) is 1. The van der Waals surface area contributed by atoms with Crippen LogP contribution in [0.15, 0.2) is 24.3 Å². The fourth-order valence-electron chi connectivity index (χ4n) is 3.61. The van der Waals surface area contributed by atoms with Gasteiger partial charge in [0.15, 0.2) is 6.61 Å². The van der Waals surface area contributed by atoms with E-state index in [1.165, 1.54) is 0 Å². The van der Waals surface area contributed by atoms with Crippen LogP contribution in [0.1, 0.15) is 58.1 Å². The molecule has 2 atom stereocenters. The van der Waals surface area contributed by atoms with Gasteiger partial charge in [-0.1, -0.05) is 25.5 Å². The number of carbonyl (C=O) groups excluding carboxylic acids is 3. The molecular weight excluding hydrogens is 372 g/mol. The lowest BCUT2D eigenvalue weighted by molar-refractivity contribution is -0.160. The Bertz CT molecular complexity index is 702. The summed E-state index contributed by atoms with van der Waals surface area (Å²) in [6.45, 7) is 6.03. The van der Waals surface area contributed by atoms with Crippen molar-refractivity contribution in [1.29, 1.82) is 0 Å². The molecule has 29 heavy (non-hydrogen) atoms. The van der Waals surface area contributed by atoms with E-state index in [1.54, 1.807) is 12.0 Å². The molecule has 0 saturated carbocycles. The molecule has 7 nitrogen and oxygen atoms in total. The SMILES string of the molecule is CCCCN1C(=O)CC[C@H](C(=O)OCC(=O)NC(C)C)[C@@H]1c1ccc(OC)cc1. The van der Waals surface area contributed by atoms with Gasteiger partial charge in [-0.25, -0.2) is 0 Å². The first-order chi connectivity index (χ1) is 13.9. The second-order valence-corrected chi connectivity index (χ2v) is 7.63. The number of methoxy groups -OCH3 is 1. The first-order valence-electron chi connectivity index (χ1n) is 10.3. The Morgan fingerprint density at radius 1 is 1.24 bits per heavy atom. The summed E-state index contributed by atoms with van der Waals surface area (Å²) in [7, 11) is 1.59. The minimum absolute atomic E-state index is 0.0231. The van der Waals surface area contributed by atoms with Crippen molar-refractivity contribution in [2.24, 2.45) is 5.92 Å². The summed E-state index contributed by atoms with van der Waals surface area (Å²) in [6, 6.07) is 6.98. The molecule has 0 bridgehead atoms. The topological polar surface area (TPSA) is 84.9 Å². The summed E-state index contributed by atoms with van der Waals surface area (Å²) in [5.41, 5.74) is 0.864. The van der Waals surface area contributed by atoms with Gasteiger partial charge >= 0.3 is 5.97 Å². The van der Waals surface area contributed by atoms with Crippen molar-refractivity contribution in [2.75, 3.05) is 20.3 Å². The van der Waals surface area contributed by atoms with Gasteiger partial charge in [-0.15, -0.1) is 0 Å². The fraction of sp³-hybridized carbons (Fsp3) is 0.591. The minimum atomic E-state index is -0.509. The third-order valence-electron chi connectivity index (χ3n) is 5.01. The van der Waals surface area contributed by atoms with Crippen LogP contribution in [0, 0.1) is 5.92 Å². The van der Waals surface area contributed by atoms with Gasteiger partial charge in [0.1, 0.15) is 5.75 Å². The van der Waals surface area contributed by atoms with Crippen LogP contribution in [0.5, 0.6) is 5.75 Å². The highest BCUT2D eigenvalue weighted by Gasteiger charge is 2.41. The van der Waals surface area contributed by atoms with Gasteiger partial charge in [0.2, 0.25) is 5.91 Å². The zero-order valence-electron chi connectivity index (χ0n) is 17.8. The van der Waals surface area contributed by atoms with Crippen molar-refractivity contribution in [3.8, 4) is 5.75 Å². The van der Waals surface area contributed by atoms with E-state index in [0.717, 1.165) is 18.4 Å². The van der Waals surface area contributed by atoms with Crippen LogP contribution in [0.2, 0.25) is 0 Å². The maximum atomic E-state index is 12.9. The first-order valence-corrected chi connectivity index (χ1v) is 10.3. The highest BCUT2D eigenvalue weighted by atomic mass is 16.5. The molecule has 1 aliphatic heterocycles. The summed E-state index contributed by atoms with van der Waals surface area (Å²) < 4.78 is 10.5. The molecule has 1 N–H and O–H groups in total. The number of likely N-dealkylation sites (tertiary alicyclic amines) is 1. The van der Waals surface area contributed by atoms with Crippen molar-refractivity contribution in [3.63, 3.8) is 0 Å². The molecule has 1 aromatic carbocycles. The lowest BCUT2D eigenvalue weighted by atomic mass is 9.84. The predicted molar refractivity (Wildman–Crippen MR) is 109 cm³/mol. The molecule has 0 aliphatic carbocycles. The van der Waals surface area contributed by atoms with E-state index < -0.39 is 17.9 Å². The molecule has 1 fully saturated rings. The number of nitrogens with one attached hydrogen (secondary N) is 1. The van der Waals surface area contributed by atoms with E-state index >= 15 is 0 Å². The van der Waals surface area contributed by atoms with E-state index in [4.69, 9.17) is 9.47 Å². The number of carbonyl (C=O) groups is 3. The molecule has 1 saturated heterocycles. The second kappa shape index (κ2) is 10.8. The first kappa shape index (κ1) is 22.7. The van der Waals surface area contributed by atoms with Gasteiger partial charge < -0.3 is 19.7 Å². The van der Waals surface area contributed by atoms with E-state index in [1.807, 2.05) is 38.1 Å². The number of ether oxygens (including phenoxy) is 2. The van der Waals surface area contributed by atoms with E-state index in [0.29, 0.717) is 25.1 Å². The van der Waals surface area contributed by atoms with E-state index in [2.05, 4.69) is 12.2 Å². The van der Waals surface area contributed by atoms with E-state index in [-0.39, 0.29) is 24.5 Å². The average Bonchev–Trinajstić information content (AvgIpc) is 2.70. The van der Waals surface area contributed by atoms with Gasteiger partial charge in [0.05, 0.1) is 19.1 Å². The molecule has 1 aliphatic rings. The highest BCUT2D eigenvalue weighted by Crippen LogP contribution is 2.38. The quantitative estimate of drug-likeness (QED) is 0.640. The van der Waals surface area contributed by atoms with Crippen molar-refractivity contribution < 1.29 is 23.9 Å². The summed E-state index contributed by atoms with van der Waals surface area (Å²) in [6.07, 6.45) is 2.51. The van der Waals surface area contributed by atoms with Crippen molar-refractivity contribution in [2.45, 2.75) is 58.5 Å². The fourth-order valence-corrected chi connectivity index (χ4v) is 3.61. The molecular formula is C22H32N2O5. The highest BCUT2D eigenvalue weighted by molar-refractivity contribution is 5.84. The Kier molecular flexibility index (Phi) is 8.49. The molecule has 1 aromatic rings. The molecule has 1 heterocycles. The Morgan fingerprint density at radius 3 is 2.52 bits per heavy atom. The number of rotatable bonds is 9. The molecule has 0 unspecified atom stereocenters. The predicted octanol–water partition coefficient (Wildman–Crippen LogP) is 2.84. The molecule has 0 radical (unpaired) electrons. The number of unbranched alkanes of at least 4 members (excludes halogenated alkanes) is 1. The van der Waals surface area contributed by atoms with Crippen LogP contribution in [-0.2, 0) is 19.1 Å². The average molecular weight is 405 g/mol. The summed E-state index contributed by atoms with van der Waals surface area (Å²) >= 11 is 0. The third-order valence-corrected chi connectivity index (χ3v) is 5.01. The number of hydrogen-bond donors (Lipinski definition) is 1. The van der Waals surface area contributed by atoms with E-state index in [9.17, 15) is 14.4 Å². The normalized spacial score (nSPS) is 19.2. The molecule has 160 valence electrons. The summed E-state index contributed by atoms with van der Waals surface area (Å²) in [5, 5.41) is 2.71. The molecule has 0 aromatic heterocycles. The second-order valence-electron chi connectivity index (χ2n) is 7.63. The molecule has 7 heteroatoms. The zero-order chi connectivity index (χ0) is 21.4. The van der Waals surface area contributed by atoms with Gasteiger partial charge in [-0.2, -0.15) is 0 Å². The van der Waals surface area contributed by atoms with Gasteiger partial charge in [-0.3, -0.25) is 14.4 Å². The zero-order valence-corrected chi connectivity index (χ0v) is 17.8.